The number of amides is 1. The summed E-state index contributed by atoms with van der Waals surface area (Å²) in [6, 6.07) is 9.94. The highest BCUT2D eigenvalue weighted by atomic mass is 35.5. The molecule has 3 rings (SSSR count). The summed E-state index contributed by atoms with van der Waals surface area (Å²) in [4.78, 5) is 20.1. The number of aromatic nitrogens is 4. The lowest BCUT2D eigenvalue weighted by atomic mass is 10.2. The van der Waals surface area contributed by atoms with E-state index in [0.29, 0.717) is 16.4 Å². The Bertz CT molecular complexity index is 860. The molecule has 0 unspecified atom stereocenters. The molecule has 0 saturated heterocycles. The molecule has 0 aliphatic rings. The SMILES string of the molecule is O=C(Nc1n[nH]c(-c2ccccc2Cl)n1)c1cc(Cl)nc(Cl)c1. The van der Waals surface area contributed by atoms with Gasteiger partial charge in [-0.1, -0.05) is 46.9 Å². The molecule has 0 aliphatic carbocycles. The summed E-state index contributed by atoms with van der Waals surface area (Å²) in [7, 11) is 0. The number of carbonyl (C=O) groups excluding carboxylic acids is 1. The van der Waals surface area contributed by atoms with Crippen LogP contribution in [0.1, 0.15) is 10.4 Å². The number of halogens is 3. The molecule has 23 heavy (non-hydrogen) atoms. The van der Waals surface area contributed by atoms with E-state index in [1.807, 2.05) is 12.1 Å². The van der Waals surface area contributed by atoms with Crippen LogP contribution in [0.5, 0.6) is 0 Å². The molecule has 2 N–H and O–H groups in total. The number of H-pyrrole nitrogens is 1. The van der Waals surface area contributed by atoms with Crippen molar-refractivity contribution in [1.82, 2.24) is 20.2 Å². The van der Waals surface area contributed by atoms with Crippen LogP contribution in [0.25, 0.3) is 11.4 Å². The van der Waals surface area contributed by atoms with E-state index in [-0.39, 0.29) is 21.8 Å². The molecule has 0 spiro atoms. The van der Waals surface area contributed by atoms with Gasteiger partial charge in [0.05, 0.1) is 5.02 Å². The minimum absolute atomic E-state index is 0.106. The van der Waals surface area contributed by atoms with Gasteiger partial charge in [0, 0.05) is 11.1 Å². The van der Waals surface area contributed by atoms with Crippen LogP contribution in [0.2, 0.25) is 15.3 Å². The third-order valence-electron chi connectivity index (χ3n) is 2.86. The molecule has 116 valence electrons. The van der Waals surface area contributed by atoms with Gasteiger partial charge in [-0.2, -0.15) is 4.98 Å². The number of benzene rings is 1. The van der Waals surface area contributed by atoms with Gasteiger partial charge in [-0.3, -0.25) is 15.2 Å². The first-order chi connectivity index (χ1) is 11.0. The van der Waals surface area contributed by atoms with Gasteiger partial charge in [-0.25, -0.2) is 4.98 Å². The molecule has 0 aliphatic heterocycles. The van der Waals surface area contributed by atoms with Gasteiger partial charge in [0.15, 0.2) is 5.82 Å². The van der Waals surface area contributed by atoms with Crippen LogP contribution < -0.4 is 5.32 Å². The number of pyridine rings is 1. The summed E-state index contributed by atoms with van der Waals surface area (Å²) in [6.45, 7) is 0. The summed E-state index contributed by atoms with van der Waals surface area (Å²) in [5.74, 6) is 0.0894. The van der Waals surface area contributed by atoms with Crippen LogP contribution in [-0.2, 0) is 0 Å². The van der Waals surface area contributed by atoms with E-state index in [0.717, 1.165) is 0 Å². The quantitative estimate of drug-likeness (QED) is 0.682. The Labute approximate surface area is 145 Å². The predicted octanol–water partition coefficient (Wildman–Crippen LogP) is 4.08. The van der Waals surface area contributed by atoms with E-state index in [4.69, 9.17) is 34.8 Å². The van der Waals surface area contributed by atoms with Crippen molar-refractivity contribution in [1.29, 1.82) is 0 Å². The van der Waals surface area contributed by atoms with Crippen molar-refractivity contribution >= 4 is 46.7 Å². The maximum absolute atomic E-state index is 12.2. The van der Waals surface area contributed by atoms with E-state index in [9.17, 15) is 4.79 Å². The lowest BCUT2D eigenvalue weighted by Gasteiger charge is -2.02. The Hall–Kier alpha value is -2.15. The molecule has 1 aromatic carbocycles. The molecule has 0 saturated carbocycles. The second-order valence-corrected chi connectivity index (χ2v) is 5.62. The molecule has 0 bridgehead atoms. The lowest BCUT2D eigenvalue weighted by molar-refractivity contribution is 0.102. The van der Waals surface area contributed by atoms with Crippen LogP contribution in [0, 0.1) is 0 Å². The first-order valence-corrected chi connectivity index (χ1v) is 7.48. The summed E-state index contributed by atoms with van der Waals surface area (Å²) in [6.07, 6.45) is 0. The molecular formula is C14H8Cl3N5O. The highest BCUT2D eigenvalue weighted by Gasteiger charge is 2.13. The fraction of sp³-hybridized carbons (Fsp3) is 0. The van der Waals surface area contributed by atoms with E-state index in [1.54, 1.807) is 12.1 Å². The summed E-state index contributed by atoms with van der Waals surface area (Å²) >= 11 is 17.6. The normalized spacial score (nSPS) is 10.6. The Morgan fingerprint density at radius 2 is 1.74 bits per heavy atom. The number of hydrogen-bond donors (Lipinski definition) is 2. The van der Waals surface area contributed by atoms with Crippen molar-refractivity contribution < 1.29 is 4.79 Å². The van der Waals surface area contributed by atoms with Crippen LogP contribution in [-0.4, -0.2) is 26.1 Å². The van der Waals surface area contributed by atoms with Crippen LogP contribution in [0.15, 0.2) is 36.4 Å². The van der Waals surface area contributed by atoms with E-state index >= 15 is 0 Å². The molecule has 0 atom stereocenters. The van der Waals surface area contributed by atoms with Crippen molar-refractivity contribution in [2.24, 2.45) is 0 Å². The average molecular weight is 369 g/mol. The number of hydrogen-bond acceptors (Lipinski definition) is 4. The average Bonchev–Trinajstić information content (AvgIpc) is 2.95. The molecule has 1 amide bonds. The van der Waals surface area contributed by atoms with Gasteiger partial charge >= 0.3 is 0 Å². The fourth-order valence-electron chi connectivity index (χ4n) is 1.86. The number of rotatable bonds is 3. The summed E-state index contributed by atoms with van der Waals surface area (Å²) in [5, 5.41) is 9.96. The Balaban J connectivity index is 1.82. The largest absolute Gasteiger partial charge is 0.289 e. The summed E-state index contributed by atoms with van der Waals surface area (Å²) in [5.41, 5.74) is 0.927. The molecule has 2 aromatic heterocycles. The number of carbonyl (C=O) groups is 1. The van der Waals surface area contributed by atoms with E-state index in [2.05, 4.69) is 25.5 Å². The minimum atomic E-state index is -0.457. The van der Waals surface area contributed by atoms with Crippen molar-refractivity contribution in [3.05, 3.63) is 57.3 Å². The maximum atomic E-state index is 12.2. The smallest absolute Gasteiger partial charge is 0.258 e. The van der Waals surface area contributed by atoms with E-state index in [1.165, 1.54) is 12.1 Å². The van der Waals surface area contributed by atoms with Gasteiger partial charge < -0.3 is 0 Å². The highest BCUT2D eigenvalue weighted by molar-refractivity contribution is 6.33. The Morgan fingerprint density at radius 1 is 1.04 bits per heavy atom. The zero-order valence-electron chi connectivity index (χ0n) is 11.3. The molecule has 3 aromatic rings. The van der Waals surface area contributed by atoms with Crippen LogP contribution in [0.4, 0.5) is 5.95 Å². The number of anilines is 1. The molecule has 6 nitrogen and oxygen atoms in total. The number of nitrogens with zero attached hydrogens (tertiary/aromatic N) is 3. The zero-order chi connectivity index (χ0) is 16.4. The van der Waals surface area contributed by atoms with Crippen molar-refractivity contribution in [2.45, 2.75) is 0 Å². The third-order valence-corrected chi connectivity index (χ3v) is 3.58. The number of aromatic amines is 1. The van der Waals surface area contributed by atoms with Crippen LogP contribution in [0.3, 0.4) is 0 Å². The highest BCUT2D eigenvalue weighted by Crippen LogP contribution is 2.25. The second kappa shape index (κ2) is 6.54. The van der Waals surface area contributed by atoms with Gasteiger partial charge in [0.2, 0.25) is 5.95 Å². The van der Waals surface area contributed by atoms with Crippen molar-refractivity contribution in [2.75, 3.05) is 5.32 Å². The number of nitrogens with one attached hydrogen (secondary N) is 2. The zero-order valence-corrected chi connectivity index (χ0v) is 13.6. The van der Waals surface area contributed by atoms with Gasteiger partial charge in [0.1, 0.15) is 10.3 Å². The monoisotopic (exact) mass is 367 g/mol. The van der Waals surface area contributed by atoms with Crippen molar-refractivity contribution in [3.8, 4) is 11.4 Å². The predicted molar refractivity (Wildman–Crippen MR) is 89.0 cm³/mol. The molecule has 0 radical (unpaired) electrons. The molecular weight excluding hydrogens is 361 g/mol. The summed E-state index contributed by atoms with van der Waals surface area (Å²) < 4.78 is 0. The first kappa shape index (κ1) is 15.7. The van der Waals surface area contributed by atoms with Gasteiger partial charge in [0.25, 0.3) is 5.91 Å². The van der Waals surface area contributed by atoms with Gasteiger partial charge in [-0.05, 0) is 24.3 Å². The lowest BCUT2D eigenvalue weighted by Crippen LogP contribution is -2.13. The Morgan fingerprint density at radius 3 is 2.43 bits per heavy atom. The first-order valence-electron chi connectivity index (χ1n) is 6.34. The van der Waals surface area contributed by atoms with Gasteiger partial charge in [-0.15, -0.1) is 5.10 Å². The maximum Gasteiger partial charge on any atom is 0.258 e. The Kier molecular flexibility index (Phi) is 4.47. The molecule has 0 fully saturated rings. The van der Waals surface area contributed by atoms with Crippen LogP contribution >= 0.6 is 34.8 Å². The van der Waals surface area contributed by atoms with Crippen molar-refractivity contribution in [3.63, 3.8) is 0 Å². The van der Waals surface area contributed by atoms with E-state index < -0.39 is 5.91 Å². The second-order valence-electron chi connectivity index (χ2n) is 4.44. The third kappa shape index (κ3) is 3.61. The fourth-order valence-corrected chi connectivity index (χ4v) is 2.55. The molecule has 9 heteroatoms. The standard InChI is InChI=1S/C14H8Cl3N5O/c15-9-4-2-1-3-8(9)12-19-14(22-21-12)20-13(23)7-5-10(16)18-11(17)6-7/h1-6H,(H2,19,20,21,22,23). The molecule has 2 heterocycles. The minimum Gasteiger partial charge on any atom is -0.289 e. The topological polar surface area (TPSA) is 83.6 Å².